The van der Waals surface area contributed by atoms with Crippen molar-refractivity contribution in [2.24, 2.45) is 0 Å². The van der Waals surface area contributed by atoms with E-state index in [-0.39, 0.29) is 5.69 Å². The molecule has 0 fully saturated rings. The molecule has 0 aliphatic heterocycles. The molecule has 1 N–H and O–H groups in total. The first kappa shape index (κ1) is 14.3. The Balaban J connectivity index is 2.46. The summed E-state index contributed by atoms with van der Waals surface area (Å²) in [5.41, 5.74) is 0.437. The zero-order chi connectivity index (χ0) is 14.7. The summed E-state index contributed by atoms with van der Waals surface area (Å²) in [6.07, 6.45) is 1.80. The molecule has 0 atom stereocenters. The number of anilines is 2. The fourth-order valence-electron chi connectivity index (χ4n) is 1.69. The number of hydrogen-bond acceptors (Lipinski definition) is 3. The van der Waals surface area contributed by atoms with E-state index in [1.54, 1.807) is 24.5 Å². The molecule has 0 radical (unpaired) electrons. The van der Waals surface area contributed by atoms with E-state index >= 15 is 0 Å². The average molecular weight is 294 g/mol. The van der Waals surface area contributed by atoms with Crippen LogP contribution in [0.5, 0.6) is 0 Å². The van der Waals surface area contributed by atoms with E-state index in [1.807, 2.05) is 6.07 Å². The second-order valence-electron chi connectivity index (χ2n) is 3.84. The monoisotopic (exact) mass is 294 g/mol. The van der Waals surface area contributed by atoms with Crippen LogP contribution in [0.3, 0.4) is 0 Å². The van der Waals surface area contributed by atoms with Gasteiger partial charge in [-0.05, 0) is 30.5 Å². The highest BCUT2D eigenvalue weighted by Crippen LogP contribution is 2.30. The molecule has 0 spiro atoms. The first-order valence-corrected chi connectivity index (χ1v) is 6.78. The summed E-state index contributed by atoms with van der Waals surface area (Å²) in [6, 6.07) is 8.92. The number of nitriles is 1. The fourth-order valence-corrected chi connectivity index (χ4v) is 2.26. The Morgan fingerprint density at radius 1 is 1.05 bits per heavy atom. The Labute approximate surface area is 118 Å². The molecule has 102 valence electrons. The predicted octanol–water partition coefficient (Wildman–Crippen LogP) is 4.44. The zero-order valence-electron chi connectivity index (χ0n) is 10.4. The van der Waals surface area contributed by atoms with Crippen molar-refractivity contribution in [2.45, 2.75) is 4.90 Å². The molecule has 2 aromatic rings. The van der Waals surface area contributed by atoms with Gasteiger partial charge in [-0.25, -0.2) is 13.2 Å². The van der Waals surface area contributed by atoms with Gasteiger partial charge in [0.2, 0.25) is 0 Å². The van der Waals surface area contributed by atoms with Crippen LogP contribution in [0.25, 0.3) is 0 Å². The second kappa shape index (κ2) is 5.88. The molecule has 0 saturated heterocycles. The van der Waals surface area contributed by atoms with Crippen molar-refractivity contribution in [1.82, 2.24) is 0 Å². The van der Waals surface area contributed by atoms with Crippen molar-refractivity contribution in [2.75, 3.05) is 11.6 Å². The maximum atomic E-state index is 13.6. The van der Waals surface area contributed by atoms with Crippen LogP contribution in [0, 0.1) is 28.8 Å². The number of thioether (sulfide) groups is 1. The Kier molecular flexibility index (Phi) is 4.20. The number of hydrogen-bond donors (Lipinski definition) is 1. The molecule has 2 nitrogen and oxygen atoms in total. The molecule has 0 bridgehead atoms. The van der Waals surface area contributed by atoms with Gasteiger partial charge in [0.25, 0.3) is 0 Å². The number of rotatable bonds is 3. The first-order chi connectivity index (χ1) is 9.58. The van der Waals surface area contributed by atoms with Crippen LogP contribution in [0.1, 0.15) is 5.56 Å². The van der Waals surface area contributed by atoms with Crippen LogP contribution in [0.2, 0.25) is 0 Å². The Hall–Kier alpha value is -2.13. The quantitative estimate of drug-likeness (QED) is 0.671. The lowest BCUT2D eigenvalue weighted by molar-refractivity contribution is 0.449. The molecule has 0 amide bonds. The molecule has 0 saturated carbocycles. The summed E-state index contributed by atoms with van der Waals surface area (Å²) in [5.74, 6) is -4.12. The smallest absolute Gasteiger partial charge is 0.196 e. The lowest BCUT2D eigenvalue weighted by Gasteiger charge is -2.11. The molecule has 0 aliphatic rings. The van der Waals surface area contributed by atoms with Gasteiger partial charge in [-0.2, -0.15) is 5.26 Å². The van der Waals surface area contributed by atoms with E-state index in [4.69, 9.17) is 5.26 Å². The molecular weight excluding hydrogens is 285 g/mol. The third-order valence-electron chi connectivity index (χ3n) is 2.66. The van der Waals surface area contributed by atoms with Crippen molar-refractivity contribution >= 4 is 23.1 Å². The summed E-state index contributed by atoms with van der Waals surface area (Å²) in [7, 11) is 0. The van der Waals surface area contributed by atoms with E-state index in [1.165, 1.54) is 11.8 Å². The zero-order valence-corrected chi connectivity index (χ0v) is 11.2. The molecule has 0 aliphatic carbocycles. The minimum absolute atomic E-state index is 0.223. The summed E-state index contributed by atoms with van der Waals surface area (Å²) in [6.45, 7) is 0. The minimum Gasteiger partial charge on any atom is -0.352 e. The Morgan fingerprint density at radius 2 is 1.80 bits per heavy atom. The van der Waals surface area contributed by atoms with E-state index in [9.17, 15) is 13.2 Å². The lowest BCUT2D eigenvalue weighted by Crippen LogP contribution is -2.00. The summed E-state index contributed by atoms with van der Waals surface area (Å²) in [5, 5.41) is 11.8. The van der Waals surface area contributed by atoms with Gasteiger partial charge < -0.3 is 5.32 Å². The maximum absolute atomic E-state index is 13.6. The van der Waals surface area contributed by atoms with Gasteiger partial charge in [0.15, 0.2) is 17.5 Å². The van der Waals surface area contributed by atoms with Crippen LogP contribution in [-0.2, 0) is 0 Å². The highest BCUT2D eigenvalue weighted by Gasteiger charge is 2.15. The molecular formula is C14H9F3N2S. The van der Waals surface area contributed by atoms with E-state index in [0.29, 0.717) is 16.1 Å². The molecule has 0 heterocycles. The number of nitrogens with one attached hydrogen (secondary N) is 1. The van der Waals surface area contributed by atoms with Crippen molar-refractivity contribution in [3.8, 4) is 6.07 Å². The molecule has 0 unspecified atom stereocenters. The summed E-state index contributed by atoms with van der Waals surface area (Å²) >= 11 is 1.36. The highest BCUT2D eigenvalue weighted by atomic mass is 32.2. The minimum atomic E-state index is -1.55. The first-order valence-electron chi connectivity index (χ1n) is 5.56. The second-order valence-corrected chi connectivity index (χ2v) is 4.69. The van der Waals surface area contributed by atoms with Crippen molar-refractivity contribution in [3.63, 3.8) is 0 Å². The van der Waals surface area contributed by atoms with Crippen LogP contribution in [0.4, 0.5) is 24.5 Å². The fraction of sp³-hybridized carbons (Fsp3) is 0.0714. The van der Waals surface area contributed by atoms with Crippen LogP contribution < -0.4 is 5.32 Å². The highest BCUT2D eigenvalue weighted by molar-refractivity contribution is 7.98. The van der Waals surface area contributed by atoms with Crippen molar-refractivity contribution < 1.29 is 13.2 Å². The van der Waals surface area contributed by atoms with Gasteiger partial charge in [-0.15, -0.1) is 11.8 Å². The van der Waals surface area contributed by atoms with Gasteiger partial charge in [-0.3, -0.25) is 0 Å². The van der Waals surface area contributed by atoms with Gasteiger partial charge in [0.1, 0.15) is 6.07 Å². The van der Waals surface area contributed by atoms with Gasteiger partial charge in [0, 0.05) is 4.90 Å². The maximum Gasteiger partial charge on any atom is 0.196 e. The molecule has 6 heteroatoms. The topological polar surface area (TPSA) is 35.8 Å². The van der Waals surface area contributed by atoms with Crippen molar-refractivity contribution in [3.05, 3.63) is 53.3 Å². The average Bonchev–Trinajstić information content (AvgIpc) is 2.47. The van der Waals surface area contributed by atoms with Crippen LogP contribution in [0.15, 0.2) is 35.2 Å². The number of nitrogens with zero attached hydrogens (tertiary/aromatic N) is 1. The Morgan fingerprint density at radius 3 is 2.45 bits per heavy atom. The summed E-state index contributed by atoms with van der Waals surface area (Å²) < 4.78 is 39.6. The predicted molar refractivity (Wildman–Crippen MR) is 72.5 cm³/mol. The van der Waals surface area contributed by atoms with Crippen LogP contribution in [-0.4, -0.2) is 6.26 Å². The molecule has 20 heavy (non-hydrogen) atoms. The third kappa shape index (κ3) is 2.58. The standard InChI is InChI=1S/C14H9F3N2S/c1-20-12-4-2-3-10(8(12)7-18)19-11-6-5-9(15)13(16)14(11)17/h2-6,19H,1H3. The Bertz CT molecular complexity index is 696. The van der Waals surface area contributed by atoms with Crippen molar-refractivity contribution in [1.29, 1.82) is 5.26 Å². The van der Waals surface area contributed by atoms with E-state index in [0.717, 1.165) is 12.1 Å². The van der Waals surface area contributed by atoms with E-state index < -0.39 is 17.5 Å². The lowest BCUT2D eigenvalue weighted by atomic mass is 10.2. The van der Waals surface area contributed by atoms with Gasteiger partial charge in [-0.1, -0.05) is 6.07 Å². The van der Waals surface area contributed by atoms with Gasteiger partial charge >= 0.3 is 0 Å². The van der Waals surface area contributed by atoms with Crippen LogP contribution >= 0.6 is 11.8 Å². The largest absolute Gasteiger partial charge is 0.352 e. The van der Waals surface area contributed by atoms with E-state index in [2.05, 4.69) is 5.32 Å². The number of halogens is 3. The number of benzene rings is 2. The molecule has 2 rings (SSSR count). The van der Waals surface area contributed by atoms with Gasteiger partial charge in [0.05, 0.1) is 16.9 Å². The molecule has 0 aromatic heterocycles. The summed E-state index contributed by atoms with van der Waals surface area (Å²) in [4.78, 5) is 0.709. The third-order valence-corrected chi connectivity index (χ3v) is 3.44. The SMILES string of the molecule is CSc1cccc(Nc2ccc(F)c(F)c2F)c1C#N. The molecule has 2 aromatic carbocycles. The normalized spacial score (nSPS) is 10.2.